The fraction of sp³-hybridized carbons (Fsp3) is 0.545. The predicted molar refractivity (Wildman–Crippen MR) is 61.6 cm³/mol. The Morgan fingerprint density at radius 2 is 2.47 bits per heavy atom. The number of amides is 1. The number of nitrogens with two attached hydrogens (primary N) is 1. The minimum Gasteiger partial charge on any atom is -0.348 e. The van der Waals surface area contributed by atoms with E-state index in [1.165, 1.54) is 4.88 Å². The molecule has 1 unspecified atom stereocenters. The molecular formula is C11H16N2OS. The van der Waals surface area contributed by atoms with Gasteiger partial charge in [0.2, 0.25) is 5.91 Å². The van der Waals surface area contributed by atoms with Crippen molar-refractivity contribution in [2.24, 2.45) is 11.1 Å². The van der Waals surface area contributed by atoms with Crippen molar-refractivity contribution in [2.75, 3.05) is 6.54 Å². The van der Waals surface area contributed by atoms with Crippen LogP contribution in [0.5, 0.6) is 0 Å². The van der Waals surface area contributed by atoms with E-state index < -0.39 is 0 Å². The molecule has 3 N–H and O–H groups in total. The average Bonchev–Trinajstić information content (AvgIpc) is 2.84. The van der Waals surface area contributed by atoms with Crippen molar-refractivity contribution in [2.45, 2.75) is 25.8 Å². The maximum atomic E-state index is 11.9. The molecule has 1 aliphatic rings. The van der Waals surface area contributed by atoms with Crippen molar-refractivity contribution >= 4 is 17.2 Å². The van der Waals surface area contributed by atoms with Crippen molar-refractivity contribution in [3.8, 4) is 0 Å². The third-order valence-corrected chi connectivity index (χ3v) is 4.10. The highest BCUT2D eigenvalue weighted by Gasteiger charge is 2.48. The van der Waals surface area contributed by atoms with E-state index in [0.29, 0.717) is 6.54 Å². The number of rotatable bonds is 4. The standard InChI is InChI=1S/C11H16N2OS/c1-8(9-3-2-6-15-9)13-10(14)11(7-12)4-5-11/h2-3,6,8H,4-5,7,12H2,1H3,(H,13,14). The minimum atomic E-state index is -0.245. The Hall–Kier alpha value is -0.870. The van der Waals surface area contributed by atoms with Gasteiger partial charge in [-0.2, -0.15) is 0 Å². The van der Waals surface area contributed by atoms with Crippen LogP contribution in [0.4, 0.5) is 0 Å². The van der Waals surface area contributed by atoms with Gasteiger partial charge in [-0.1, -0.05) is 6.07 Å². The number of nitrogens with one attached hydrogen (secondary N) is 1. The first-order valence-corrected chi connectivity index (χ1v) is 6.10. The molecule has 0 aromatic carbocycles. The molecule has 1 aliphatic carbocycles. The molecule has 0 saturated heterocycles. The molecule has 15 heavy (non-hydrogen) atoms. The lowest BCUT2D eigenvalue weighted by atomic mass is 10.1. The van der Waals surface area contributed by atoms with Gasteiger partial charge in [0.1, 0.15) is 0 Å². The number of carbonyl (C=O) groups excluding carboxylic acids is 1. The normalized spacial score (nSPS) is 19.6. The molecule has 1 amide bonds. The van der Waals surface area contributed by atoms with E-state index in [-0.39, 0.29) is 17.4 Å². The van der Waals surface area contributed by atoms with Crippen molar-refractivity contribution in [3.05, 3.63) is 22.4 Å². The second kappa shape index (κ2) is 3.94. The lowest BCUT2D eigenvalue weighted by molar-refractivity contribution is -0.126. The smallest absolute Gasteiger partial charge is 0.227 e. The zero-order valence-electron chi connectivity index (χ0n) is 8.82. The number of hydrogen-bond acceptors (Lipinski definition) is 3. The van der Waals surface area contributed by atoms with Gasteiger partial charge in [0.25, 0.3) is 0 Å². The van der Waals surface area contributed by atoms with Crippen LogP contribution in [0.25, 0.3) is 0 Å². The molecule has 0 spiro atoms. The molecule has 1 saturated carbocycles. The summed E-state index contributed by atoms with van der Waals surface area (Å²) in [4.78, 5) is 13.1. The molecule has 1 aromatic rings. The predicted octanol–water partition coefficient (Wildman–Crippen LogP) is 1.66. The van der Waals surface area contributed by atoms with Crippen molar-refractivity contribution in [1.29, 1.82) is 0 Å². The number of thiophene rings is 1. The summed E-state index contributed by atoms with van der Waals surface area (Å²) in [5, 5.41) is 5.05. The van der Waals surface area contributed by atoms with E-state index >= 15 is 0 Å². The molecule has 3 nitrogen and oxygen atoms in total. The summed E-state index contributed by atoms with van der Waals surface area (Å²) >= 11 is 1.67. The molecular weight excluding hydrogens is 208 g/mol. The number of hydrogen-bond donors (Lipinski definition) is 2. The first-order valence-electron chi connectivity index (χ1n) is 5.22. The van der Waals surface area contributed by atoms with Crippen LogP contribution in [0.2, 0.25) is 0 Å². The van der Waals surface area contributed by atoms with Crippen LogP contribution >= 0.6 is 11.3 Å². The lowest BCUT2D eigenvalue weighted by Crippen LogP contribution is -2.37. The molecule has 82 valence electrons. The Kier molecular flexibility index (Phi) is 2.80. The van der Waals surface area contributed by atoms with Crippen molar-refractivity contribution in [3.63, 3.8) is 0 Å². The van der Waals surface area contributed by atoms with Gasteiger partial charge in [-0.3, -0.25) is 4.79 Å². The third kappa shape index (κ3) is 2.06. The monoisotopic (exact) mass is 224 g/mol. The van der Waals surface area contributed by atoms with E-state index in [4.69, 9.17) is 5.73 Å². The van der Waals surface area contributed by atoms with Gasteiger partial charge in [0, 0.05) is 11.4 Å². The van der Waals surface area contributed by atoms with Crippen LogP contribution < -0.4 is 11.1 Å². The Bertz CT molecular complexity index is 343. The van der Waals surface area contributed by atoms with Crippen molar-refractivity contribution < 1.29 is 4.79 Å². The highest BCUT2D eigenvalue weighted by atomic mass is 32.1. The average molecular weight is 224 g/mol. The molecule has 0 bridgehead atoms. The molecule has 0 radical (unpaired) electrons. The van der Waals surface area contributed by atoms with Gasteiger partial charge in [0.15, 0.2) is 0 Å². The van der Waals surface area contributed by atoms with E-state index in [1.807, 2.05) is 24.4 Å². The Morgan fingerprint density at radius 1 is 1.73 bits per heavy atom. The Labute approximate surface area is 93.7 Å². The molecule has 2 rings (SSSR count). The molecule has 1 heterocycles. The van der Waals surface area contributed by atoms with E-state index in [2.05, 4.69) is 5.32 Å². The molecule has 1 fully saturated rings. The van der Waals surface area contributed by atoms with Gasteiger partial charge in [-0.05, 0) is 31.2 Å². The summed E-state index contributed by atoms with van der Waals surface area (Å²) in [5.41, 5.74) is 5.36. The zero-order chi connectivity index (χ0) is 10.9. The largest absolute Gasteiger partial charge is 0.348 e. The van der Waals surface area contributed by atoms with Crippen molar-refractivity contribution in [1.82, 2.24) is 5.32 Å². The van der Waals surface area contributed by atoms with Crippen LogP contribution in [0.3, 0.4) is 0 Å². The summed E-state index contributed by atoms with van der Waals surface area (Å²) < 4.78 is 0. The van der Waals surface area contributed by atoms with Crippen LogP contribution in [0.15, 0.2) is 17.5 Å². The van der Waals surface area contributed by atoms with Crippen LogP contribution in [-0.2, 0) is 4.79 Å². The van der Waals surface area contributed by atoms with Gasteiger partial charge in [-0.15, -0.1) is 11.3 Å². The Morgan fingerprint density at radius 3 is 2.93 bits per heavy atom. The first-order chi connectivity index (χ1) is 7.18. The SMILES string of the molecule is CC(NC(=O)C1(CN)CC1)c1cccs1. The quantitative estimate of drug-likeness (QED) is 0.817. The summed E-state index contributed by atoms with van der Waals surface area (Å²) in [5.74, 6) is 0.117. The van der Waals surface area contributed by atoms with Gasteiger partial charge in [-0.25, -0.2) is 0 Å². The zero-order valence-corrected chi connectivity index (χ0v) is 9.64. The summed E-state index contributed by atoms with van der Waals surface area (Å²) in [6, 6.07) is 4.14. The maximum Gasteiger partial charge on any atom is 0.227 e. The number of carbonyl (C=O) groups is 1. The second-order valence-electron chi connectivity index (χ2n) is 4.20. The highest BCUT2D eigenvalue weighted by molar-refractivity contribution is 7.10. The van der Waals surface area contributed by atoms with E-state index in [0.717, 1.165) is 12.8 Å². The molecule has 0 aliphatic heterocycles. The van der Waals surface area contributed by atoms with Crippen LogP contribution in [-0.4, -0.2) is 12.5 Å². The van der Waals surface area contributed by atoms with E-state index in [1.54, 1.807) is 11.3 Å². The lowest BCUT2D eigenvalue weighted by Gasteiger charge is -2.17. The highest BCUT2D eigenvalue weighted by Crippen LogP contribution is 2.45. The topological polar surface area (TPSA) is 55.1 Å². The fourth-order valence-electron chi connectivity index (χ4n) is 1.63. The summed E-state index contributed by atoms with van der Waals surface area (Å²) in [6.07, 6.45) is 1.87. The maximum absolute atomic E-state index is 11.9. The van der Waals surface area contributed by atoms with Gasteiger partial charge < -0.3 is 11.1 Å². The minimum absolute atomic E-state index is 0.0986. The molecule has 1 atom stereocenters. The third-order valence-electron chi connectivity index (χ3n) is 3.04. The molecule has 4 heteroatoms. The van der Waals surface area contributed by atoms with E-state index in [9.17, 15) is 4.79 Å². The second-order valence-corrected chi connectivity index (χ2v) is 5.17. The van der Waals surface area contributed by atoms with Gasteiger partial charge in [0.05, 0.1) is 11.5 Å². The Balaban J connectivity index is 1.95. The fourth-order valence-corrected chi connectivity index (χ4v) is 2.37. The molecule has 1 aromatic heterocycles. The van der Waals surface area contributed by atoms with Gasteiger partial charge >= 0.3 is 0 Å². The summed E-state index contributed by atoms with van der Waals surface area (Å²) in [7, 11) is 0. The van der Waals surface area contributed by atoms with Crippen LogP contribution in [0, 0.1) is 5.41 Å². The van der Waals surface area contributed by atoms with Crippen LogP contribution in [0.1, 0.15) is 30.7 Å². The summed E-state index contributed by atoms with van der Waals surface area (Å²) in [6.45, 7) is 2.48. The first kappa shape index (κ1) is 10.6.